The third-order valence-electron chi connectivity index (χ3n) is 2.99. The van der Waals surface area contributed by atoms with Crippen LogP contribution in [0.1, 0.15) is 25.2 Å². The summed E-state index contributed by atoms with van der Waals surface area (Å²) >= 11 is 12.1. The van der Waals surface area contributed by atoms with Gasteiger partial charge in [0.2, 0.25) is 0 Å². The molecular formula is C16H20Cl2N4. The molecule has 0 atom stereocenters. The van der Waals surface area contributed by atoms with Crippen molar-refractivity contribution < 1.29 is 0 Å². The van der Waals surface area contributed by atoms with Gasteiger partial charge in [-0.05, 0) is 44.9 Å². The maximum atomic E-state index is 6.17. The van der Waals surface area contributed by atoms with Crippen LogP contribution in [-0.2, 0) is 6.42 Å². The summed E-state index contributed by atoms with van der Waals surface area (Å²) in [4.78, 5) is 8.76. The van der Waals surface area contributed by atoms with Crippen molar-refractivity contribution in [1.29, 1.82) is 0 Å². The molecule has 118 valence electrons. The van der Waals surface area contributed by atoms with Crippen LogP contribution < -0.4 is 10.6 Å². The highest BCUT2D eigenvalue weighted by atomic mass is 35.5. The Balaban J connectivity index is 1.97. The highest BCUT2D eigenvalue weighted by Crippen LogP contribution is 2.21. The summed E-state index contributed by atoms with van der Waals surface area (Å²) in [5.41, 5.74) is 1.06. The van der Waals surface area contributed by atoms with Crippen molar-refractivity contribution in [2.24, 2.45) is 0 Å². The lowest BCUT2D eigenvalue weighted by Gasteiger charge is -2.12. The van der Waals surface area contributed by atoms with E-state index < -0.39 is 0 Å². The second-order valence-corrected chi connectivity index (χ2v) is 6.24. The molecule has 2 N–H and O–H groups in total. The minimum Gasteiger partial charge on any atom is -0.370 e. The molecule has 1 aromatic carbocycles. The molecule has 0 saturated carbocycles. The zero-order chi connectivity index (χ0) is 16.1. The van der Waals surface area contributed by atoms with Gasteiger partial charge in [-0.3, -0.25) is 0 Å². The van der Waals surface area contributed by atoms with Crippen molar-refractivity contribution in [3.63, 3.8) is 0 Å². The van der Waals surface area contributed by atoms with E-state index in [0.29, 0.717) is 16.1 Å². The van der Waals surface area contributed by atoms with Crippen molar-refractivity contribution in [3.8, 4) is 0 Å². The number of benzene rings is 1. The van der Waals surface area contributed by atoms with E-state index in [2.05, 4.69) is 34.4 Å². The lowest BCUT2D eigenvalue weighted by Crippen LogP contribution is -2.13. The van der Waals surface area contributed by atoms with Crippen molar-refractivity contribution in [2.75, 3.05) is 17.2 Å². The number of nitrogens with one attached hydrogen (secondary N) is 2. The Morgan fingerprint density at radius 2 is 1.82 bits per heavy atom. The summed E-state index contributed by atoms with van der Waals surface area (Å²) in [5.74, 6) is 2.37. The van der Waals surface area contributed by atoms with Gasteiger partial charge in [0.1, 0.15) is 17.5 Å². The zero-order valence-electron chi connectivity index (χ0n) is 13.0. The van der Waals surface area contributed by atoms with Gasteiger partial charge < -0.3 is 10.6 Å². The van der Waals surface area contributed by atoms with E-state index in [4.69, 9.17) is 23.2 Å². The van der Waals surface area contributed by atoms with E-state index in [1.807, 2.05) is 25.1 Å². The summed E-state index contributed by atoms with van der Waals surface area (Å²) in [6.07, 6.45) is 0.798. The highest BCUT2D eigenvalue weighted by Gasteiger charge is 2.04. The van der Waals surface area contributed by atoms with Crippen LogP contribution in [0.3, 0.4) is 0 Å². The lowest BCUT2D eigenvalue weighted by molar-refractivity contribution is 0.879. The van der Waals surface area contributed by atoms with Gasteiger partial charge in [-0.25, -0.2) is 9.97 Å². The molecule has 0 radical (unpaired) electrons. The summed E-state index contributed by atoms with van der Waals surface area (Å²) in [6.45, 7) is 6.77. The maximum Gasteiger partial charge on any atom is 0.131 e. The first-order chi connectivity index (χ1) is 10.4. The smallest absolute Gasteiger partial charge is 0.131 e. The molecule has 0 saturated heterocycles. The minimum absolute atomic E-state index is 0.329. The van der Waals surface area contributed by atoms with E-state index in [0.717, 1.165) is 36.0 Å². The molecule has 4 nitrogen and oxygen atoms in total. The first-order valence-corrected chi connectivity index (χ1v) is 7.99. The maximum absolute atomic E-state index is 6.17. The molecule has 0 fully saturated rings. The molecule has 0 bridgehead atoms. The second-order valence-electron chi connectivity index (χ2n) is 5.40. The number of nitrogens with zero attached hydrogens (tertiary/aromatic N) is 2. The fourth-order valence-corrected chi connectivity index (χ4v) is 2.58. The van der Waals surface area contributed by atoms with Gasteiger partial charge in [0.05, 0.1) is 0 Å². The Bertz CT molecular complexity index is 644. The van der Waals surface area contributed by atoms with Gasteiger partial charge in [-0.15, -0.1) is 0 Å². The average molecular weight is 339 g/mol. The number of hydrogen-bond donors (Lipinski definition) is 2. The van der Waals surface area contributed by atoms with Gasteiger partial charge in [-0.1, -0.05) is 29.3 Å². The van der Waals surface area contributed by atoms with Gasteiger partial charge in [0.25, 0.3) is 0 Å². The van der Waals surface area contributed by atoms with E-state index in [9.17, 15) is 0 Å². The number of hydrogen-bond acceptors (Lipinski definition) is 4. The Morgan fingerprint density at radius 3 is 2.50 bits per heavy atom. The Morgan fingerprint density at radius 1 is 1.09 bits per heavy atom. The van der Waals surface area contributed by atoms with Crippen molar-refractivity contribution in [1.82, 2.24) is 9.97 Å². The predicted molar refractivity (Wildman–Crippen MR) is 94.2 cm³/mol. The van der Waals surface area contributed by atoms with Crippen molar-refractivity contribution in [3.05, 3.63) is 45.7 Å². The van der Waals surface area contributed by atoms with E-state index >= 15 is 0 Å². The molecule has 0 aliphatic carbocycles. The second kappa shape index (κ2) is 7.65. The first-order valence-electron chi connectivity index (χ1n) is 7.24. The fourth-order valence-electron chi connectivity index (χ4n) is 2.08. The van der Waals surface area contributed by atoms with Crippen LogP contribution in [0.2, 0.25) is 10.0 Å². The highest BCUT2D eigenvalue weighted by molar-refractivity contribution is 6.35. The molecule has 1 aromatic heterocycles. The molecule has 2 rings (SSSR count). The van der Waals surface area contributed by atoms with Crippen LogP contribution in [0.4, 0.5) is 11.6 Å². The van der Waals surface area contributed by atoms with Crippen LogP contribution in [-0.4, -0.2) is 22.6 Å². The molecule has 6 heteroatoms. The molecule has 0 unspecified atom stereocenters. The fraction of sp³-hybridized carbons (Fsp3) is 0.375. The lowest BCUT2D eigenvalue weighted by atomic mass is 10.1. The predicted octanol–water partition coefficient (Wildman–Crippen LogP) is 4.57. The number of aromatic nitrogens is 2. The van der Waals surface area contributed by atoms with Crippen LogP contribution in [0.5, 0.6) is 0 Å². The van der Waals surface area contributed by atoms with Gasteiger partial charge in [0.15, 0.2) is 0 Å². The Kier molecular flexibility index (Phi) is 5.86. The van der Waals surface area contributed by atoms with Crippen molar-refractivity contribution >= 4 is 34.8 Å². The zero-order valence-corrected chi connectivity index (χ0v) is 14.5. The van der Waals surface area contributed by atoms with Gasteiger partial charge >= 0.3 is 0 Å². The van der Waals surface area contributed by atoms with E-state index in [1.165, 1.54) is 0 Å². The molecule has 0 spiro atoms. The number of halogens is 2. The molecule has 22 heavy (non-hydrogen) atoms. The number of aryl methyl sites for hydroxylation is 1. The van der Waals surface area contributed by atoms with Gasteiger partial charge in [0, 0.05) is 28.7 Å². The largest absolute Gasteiger partial charge is 0.370 e. The quantitative estimate of drug-likeness (QED) is 0.810. The van der Waals surface area contributed by atoms with Crippen LogP contribution in [0.25, 0.3) is 0 Å². The van der Waals surface area contributed by atoms with Gasteiger partial charge in [-0.2, -0.15) is 0 Å². The molecule has 0 aliphatic rings. The van der Waals surface area contributed by atoms with Crippen LogP contribution in [0, 0.1) is 6.92 Å². The van der Waals surface area contributed by atoms with Crippen molar-refractivity contribution in [2.45, 2.75) is 33.2 Å². The minimum atomic E-state index is 0.329. The van der Waals surface area contributed by atoms with E-state index in [1.54, 1.807) is 6.07 Å². The number of anilines is 2. The third kappa shape index (κ3) is 5.04. The normalized spacial score (nSPS) is 10.8. The molecule has 2 aromatic rings. The van der Waals surface area contributed by atoms with Crippen LogP contribution >= 0.6 is 23.2 Å². The average Bonchev–Trinajstić information content (AvgIpc) is 2.40. The Hall–Kier alpha value is -1.52. The molecule has 0 aliphatic heterocycles. The van der Waals surface area contributed by atoms with Crippen LogP contribution in [0.15, 0.2) is 24.3 Å². The standard InChI is InChI=1S/C16H20Cl2N4/c1-10(2)20-16-9-15(21-11(3)22-16)19-7-6-12-4-5-13(17)8-14(12)18/h4-5,8-10H,6-7H2,1-3H3,(H2,19,20,21,22). The monoisotopic (exact) mass is 338 g/mol. The molecular weight excluding hydrogens is 319 g/mol. The summed E-state index contributed by atoms with van der Waals surface area (Å²) < 4.78 is 0. The third-order valence-corrected chi connectivity index (χ3v) is 3.58. The summed E-state index contributed by atoms with van der Waals surface area (Å²) in [5, 5.41) is 7.93. The number of rotatable bonds is 6. The summed E-state index contributed by atoms with van der Waals surface area (Å²) in [6, 6.07) is 7.80. The molecule has 0 amide bonds. The topological polar surface area (TPSA) is 49.8 Å². The first kappa shape index (κ1) is 16.8. The molecule has 1 heterocycles. The summed E-state index contributed by atoms with van der Waals surface area (Å²) in [7, 11) is 0. The van der Waals surface area contributed by atoms with E-state index in [-0.39, 0.29) is 0 Å². The SMILES string of the molecule is Cc1nc(NCCc2ccc(Cl)cc2Cl)cc(NC(C)C)n1. The Labute approximate surface area is 141 Å².